The van der Waals surface area contributed by atoms with Gasteiger partial charge in [-0.05, 0) is 153 Å². The van der Waals surface area contributed by atoms with Gasteiger partial charge in [-0.15, -0.1) is 0 Å². The summed E-state index contributed by atoms with van der Waals surface area (Å²) < 4.78 is 91.2. The highest BCUT2D eigenvalue weighted by Crippen LogP contribution is 2.50. The number of piperidine rings is 1. The molecule has 4 fully saturated rings. The highest BCUT2D eigenvalue weighted by molar-refractivity contribution is 6.00. The number of nitrogen functional groups attached to an aromatic ring is 2. The molecule has 4 heterocycles. The highest BCUT2D eigenvalue weighted by Gasteiger charge is 2.42. The molecule has 14 nitrogen and oxygen atoms in total. The van der Waals surface area contributed by atoms with Gasteiger partial charge in [0.2, 0.25) is 11.8 Å². The lowest BCUT2D eigenvalue weighted by Crippen LogP contribution is -2.45. The van der Waals surface area contributed by atoms with Crippen LogP contribution in [0.4, 0.5) is 65.7 Å². The molecule has 0 saturated carbocycles. The number of anilines is 6. The van der Waals surface area contributed by atoms with Crippen LogP contribution in [-0.2, 0) is 19.1 Å². The molecule has 0 spiro atoms. The fourth-order valence-electron chi connectivity index (χ4n) is 10.5. The molecule has 386 valence electrons. The molecule has 0 aromatic heterocycles. The number of halogens is 5. The van der Waals surface area contributed by atoms with Crippen LogP contribution in [0.3, 0.4) is 0 Å². The summed E-state index contributed by atoms with van der Waals surface area (Å²) >= 11 is 0. The van der Waals surface area contributed by atoms with Crippen LogP contribution in [-0.4, -0.2) is 83.3 Å². The monoisotopic (exact) mass is 1000 g/mol. The van der Waals surface area contributed by atoms with E-state index in [2.05, 4.69) is 10.6 Å². The number of carbonyl (C=O) groups is 4. The Balaban J connectivity index is 1.09. The van der Waals surface area contributed by atoms with E-state index in [1.807, 2.05) is 0 Å². The Labute approximate surface area is 416 Å². The van der Waals surface area contributed by atoms with Crippen molar-refractivity contribution in [2.24, 2.45) is 0 Å². The van der Waals surface area contributed by atoms with Crippen molar-refractivity contribution >= 4 is 58.1 Å². The van der Waals surface area contributed by atoms with Crippen molar-refractivity contribution in [2.75, 3.05) is 58.1 Å². The van der Waals surface area contributed by atoms with Crippen LogP contribution in [0.2, 0.25) is 0 Å². The number of benzene rings is 4. The van der Waals surface area contributed by atoms with Crippen LogP contribution in [0.15, 0.2) is 60.7 Å². The third kappa shape index (κ3) is 11.1. The minimum absolute atomic E-state index is 0.000346. The summed E-state index contributed by atoms with van der Waals surface area (Å²) in [6.07, 6.45) is 1.83. The lowest BCUT2D eigenvalue weighted by atomic mass is 9.89. The number of ether oxygens (including phenoxy) is 2. The highest BCUT2D eigenvalue weighted by atomic mass is 19.1. The van der Waals surface area contributed by atoms with Gasteiger partial charge in [0.25, 0.3) is 0 Å². The van der Waals surface area contributed by atoms with E-state index in [1.165, 1.54) is 39.0 Å². The molecule has 4 aromatic rings. The Hall–Kier alpha value is -6.79. The average molecular weight is 1000 g/mol. The molecule has 4 aromatic carbocycles. The molecule has 19 heteroatoms. The van der Waals surface area contributed by atoms with Crippen LogP contribution in [0.25, 0.3) is 0 Å². The summed E-state index contributed by atoms with van der Waals surface area (Å²) in [5.41, 5.74) is 11.9. The molecule has 72 heavy (non-hydrogen) atoms. The second-order valence-corrected chi connectivity index (χ2v) is 21.2. The number of nitrogens with one attached hydrogen (secondary N) is 2. The Morgan fingerprint density at radius 3 is 1.42 bits per heavy atom. The third-order valence-corrected chi connectivity index (χ3v) is 13.8. The smallest absolute Gasteiger partial charge is 0.410 e. The first kappa shape index (κ1) is 51.6. The van der Waals surface area contributed by atoms with Gasteiger partial charge in [-0.3, -0.25) is 19.4 Å². The Kier molecular flexibility index (Phi) is 14.6. The molecule has 0 unspecified atom stereocenters. The first-order chi connectivity index (χ1) is 34.0. The summed E-state index contributed by atoms with van der Waals surface area (Å²) in [4.78, 5) is 58.9. The standard InChI is InChI=1S/C53H63F5N8O6/c1-52(2,3)71-50(69)64-19-7-9-45(64)48(67)61-41-27-35(55)33(25-39(41)59)43-15-16-44(34-26-40(60)42(28-36(34)56)62-49(68)46-10-8-20-65(46)51(70)72-53(4,5)6)66(43)32-23-37(57)47(38(58)24-32)63-21-17-30(18-22-63)29-11-13-31(54)14-12-29/h11-14,23-28,30,43-46H,7-10,15-22,59-60H2,1-6H3,(H,61,67)(H,62,68)/t43-,44-,45+,46+/m1/s1. The largest absolute Gasteiger partial charge is 0.444 e. The van der Waals surface area contributed by atoms with Gasteiger partial charge in [0.05, 0.1) is 34.8 Å². The van der Waals surface area contributed by atoms with Gasteiger partial charge in [0.15, 0.2) is 11.6 Å². The fourth-order valence-corrected chi connectivity index (χ4v) is 10.5. The van der Waals surface area contributed by atoms with Crippen LogP contribution in [0.1, 0.15) is 128 Å². The van der Waals surface area contributed by atoms with Crippen LogP contribution in [0.5, 0.6) is 0 Å². The van der Waals surface area contributed by atoms with Crippen molar-refractivity contribution in [1.82, 2.24) is 9.80 Å². The van der Waals surface area contributed by atoms with E-state index in [-0.39, 0.29) is 82.9 Å². The van der Waals surface area contributed by atoms with Crippen LogP contribution < -0.4 is 31.9 Å². The zero-order valence-electron chi connectivity index (χ0n) is 41.4. The molecule has 4 saturated heterocycles. The van der Waals surface area contributed by atoms with Crippen molar-refractivity contribution in [3.05, 3.63) is 106 Å². The first-order valence-electron chi connectivity index (χ1n) is 24.5. The molecule has 4 aliphatic rings. The van der Waals surface area contributed by atoms with E-state index in [0.717, 1.165) is 29.8 Å². The van der Waals surface area contributed by atoms with Crippen molar-refractivity contribution in [2.45, 2.75) is 134 Å². The number of nitrogens with two attached hydrogens (primary N) is 2. The fraction of sp³-hybridized carbons (Fsp3) is 0.472. The average Bonchev–Trinajstić information content (AvgIpc) is 4.09. The van der Waals surface area contributed by atoms with Crippen molar-refractivity contribution in [3.8, 4) is 0 Å². The minimum atomic E-state index is -0.989. The maximum absolute atomic E-state index is 16.7. The summed E-state index contributed by atoms with van der Waals surface area (Å²) in [6, 6.07) is 9.42. The molecule has 0 radical (unpaired) electrons. The molecule has 0 bridgehead atoms. The van der Waals surface area contributed by atoms with Crippen LogP contribution in [0, 0.1) is 29.1 Å². The number of hydrogen-bond acceptors (Lipinski definition) is 10. The second-order valence-electron chi connectivity index (χ2n) is 21.2. The predicted molar refractivity (Wildman–Crippen MR) is 265 cm³/mol. The van der Waals surface area contributed by atoms with E-state index in [0.29, 0.717) is 51.6 Å². The Morgan fingerprint density at radius 1 is 0.569 bits per heavy atom. The zero-order chi connectivity index (χ0) is 52.0. The van der Waals surface area contributed by atoms with Crippen LogP contribution >= 0.6 is 0 Å². The van der Waals surface area contributed by atoms with Crippen molar-refractivity contribution < 1.29 is 50.6 Å². The Morgan fingerprint density at radius 2 is 1.00 bits per heavy atom. The summed E-state index contributed by atoms with van der Waals surface area (Å²) in [5.74, 6) is -4.93. The molecular formula is C53H63F5N8O6. The molecular weight excluding hydrogens is 940 g/mol. The van der Waals surface area contributed by atoms with Gasteiger partial charge < -0.3 is 41.4 Å². The molecule has 4 aliphatic heterocycles. The molecule has 0 aliphatic carbocycles. The first-order valence-corrected chi connectivity index (χ1v) is 24.5. The van der Waals surface area contributed by atoms with Gasteiger partial charge in [-0.2, -0.15) is 0 Å². The predicted octanol–water partition coefficient (Wildman–Crippen LogP) is 10.7. The van der Waals surface area contributed by atoms with Gasteiger partial charge in [0.1, 0.15) is 46.4 Å². The van der Waals surface area contributed by atoms with Gasteiger partial charge in [0, 0.05) is 43.0 Å². The topological polar surface area (TPSA) is 176 Å². The molecule has 4 atom stereocenters. The number of amides is 4. The summed E-state index contributed by atoms with van der Waals surface area (Å²) in [5, 5.41) is 5.33. The molecule has 8 rings (SSSR count). The number of carbonyl (C=O) groups excluding carboxylic acids is 4. The number of hydrogen-bond donors (Lipinski definition) is 4. The van der Waals surface area contributed by atoms with Crippen molar-refractivity contribution in [3.63, 3.8) is 0 Å². The van der Waals surface area contributed by atoms with Crippen molar-refractivity contribution in [1.29, 1.82) is 0 Å². The number of rotatable bonds is 9. The van der Waals surface area contributed by atoms with Gasteiger partial charge in [-0.25, -0.2) is 31.5 Å². The third-order valence-electron chi connectivity index (χ3n) is 13.8. The maximum atomic E-state index is 16.7. The number of likely N-dealkylation sites (tertiary alicyclic amines) is 2. The SMILES string of the molecule is CC(C)(C)OC(=O)N1CCC[C@H]1C(=O)Nc1cc(F)c([C@H]2CC[C@H](c3cc(N)c(NC(=O)[C@@H]4CCCN4C(=O)OC(C)(C)C)cc3F)N2c2cc(F)c(N3CCC(c4ccc(F)cc4)CC3)c(F)c2)cc1N. The summed E-state index contributed by atoms with van der Waals surface area (Å²) in [7, 11) is 0. The van der Waals surface area contributed by atoms with E-state index < -0.39 is 82.6 Å². The lowest BCUT2D eigenvalue weighted by Gasteiger charge is -2.36. The normalized spacial score (nSPS) is 20.8. The van der Waals surface area contributed by atoms with Gasteiger partial charge in [-0.1, -0.05) is 12.1 Å². The zero-order valence-corrected chi connectivity index (χ0v) is 41.4. The van der Waals surface area contributed by atoms with E-state index in [9.17, 15) is 23.6 Å². The van der Waals surface area contributed by atoms with Gasteiger partial charge >= 0.3 is 12.2 Å². The molecule has 6 N–H and O–H groups in total. The summed E-state index contributed by atoms with van der Waals surface area (Å²) in [6.45, 7) is 11.5. The Bertz CT molecular complexity index is 2580. The quantitative estimate of drug-likeness (QED) is 0.0933. The van der Waals surface area contributed by atoms with E-state index >= 15 is 17.6 Å². The van der Waals surface area contributed by atoms with E-state index in [4.69, 9.17) is 20.9 Å². The minimum Gasteiger partial charge on any atom is -0.444 e. The maximum Gasteiger partial charge on any atom is 0.410 e. The second kappa shape index (κ2) is 20.4. The van der Waals surface area contributed by atoms with E-state index in [1.54, 1.807) is 58.6 Å². The number of nitrogens with zero attached hydrogens (tertiary/aromatic N) is 4. The lowest BCUT2D eigenvalue weighted by molar-refractivity contribution is -0.121. The molecule has 4 amide bonds.